The van der Waals surface area contributed by atoms with E-state index in [1.165, 1.54) is 6.33 Å². The summed E-state index contributed by atoms with van der Waals surface area (Å²) in [4.78, 5) is 22.3. The Morgan fingerprint density at radius 2 is 1.85 bits per heavy atom. The molecule has 144 valence electrons. The number of aryl methyl sites for hydroxylation is 2. The van der Waals surface area contributed by atoms with Crippen LogP contribution in [0.4, 0.5) is 19.0 Å². The number of nitrogens with zero attached hydrogens (tertiary/aromatic N) is 6. The zero-order valence-corrected chi connectivity index (χ0v) is 14.8. The van der Waals surface area contributed by atoms with Crippen molar-refractivity contribution in [3.05, 3.63) is 29.5 Å². The number of alkyl halides is 3. The Morgan fingerprint density at radius 3 is 2.48 bits per heavy atom. The van der Waals surface area contributed by atoms with Crippen LogP contribution in [0.25, 0.3) is 11.2 Å². The molecule has 0 unspecified atom stereocenters. The van der Waals surface area contributed by atoms with E-state index in [-0.39, 0.29) is 11.5 Å². The molecule has 0 spiro atoms. The van der Waals surface area contributed by atoms with Crippen LogP contribution in [-0.4, -0.2) is 56.0 Å². The maximum atomic E-state index is 13.1. The number of fused-ring (bicyclic) bond motifs is 1. The predicted molar refractivity (Wildman–Crippen MR) is 90.2 cm³/mol. The summed E-state index contributed by atoms with van der Waals surface area (Å²) in [7, 11) is 0. The van der Waals surface area contributed by atoms with Crippen LogP contribution >= 0.6 is 0 Å². The summed E-state index contributed by atoms with van der Waals surface area (Å²) >= 11 is 0. The van der Waals surface area contributed by atoms with Crippen molar-refractivity contribution in [1.29, 1.82) is 0 Å². The monoisotopic (exact) mass is 381 g/mol. The third-order valence-electron chi connectivity index (χ3n) is 4.62. The Hall–Kier alpha value is -2.69. The lowest BCUT2D eigenvalue weighted by atomic mass is 10.3. The van der Waals surface area contributed by atoms with Gasteiger partial charge >= 0.3 is 6.18 Å². The van der Waals surface area contributed by atoms with Gasteiger partial charge in [0.1, 0.15) is 11.3 Å². The van der Waals surface area contributed by atoms with Gasteiger partial charge in [0, 0.05) is 26.2 Å². The second-order valence-electron chi connectivity index (χ2n) is 6.48. The third kappa shape index (κ3) is 3.46. The third-order valence-corrected chi connectivity index (χ3v) is 4.62. The minimum Gasteiger partial charge on any atom is -0.444 e. The smallest absolute Gasteiger partial charge is 0.444 e. The standard InChI is InChI=1S/C16H18F3N7O/c1-9-10(2)27-11(22-9)7-25-3-5-26(6-4-25)14-12-13(21-8-20-12)23-15(24-14)16(17,18)19/h8H,3-7H2,1-2H3,(H,20,21,23,24). The lowest BCUT2D eigenvalue weighted by molar-refractivity contribution is -0.144. The van der Waals surface area contributed by atoms with E-state index >= 15 is 0 Å². The van der Waals surface area contributed by atoms with Crippen LogP contribution in [0.5, 0.6) is 0 Å². The number of hydrogen-bond donors (Lipinski definition) is 1. The molecule has 1 aliphatic rings. The molecule has 8 nitrogen and oxygen atoms in total. The van der Waals surface area contributed by atoms with Gasteiger partial charge in [0.25, 0.3) is 0 Å². The highest BCUT2D eigenvalue weighted by molar-refractivity contribution is 5.83. The molecule has 0 radical (unpaired) electrons. The van der Waals surface area contributed by atoms with Crippen LogP contribution in [-0.2, 0) is 12.7 Å². The quantitative estimate of drug-likeness (QED) is 0.745. The SMILES string of the molecule is Cc1nc(CN2CCN(c3nc(C(F)(F)F)nc4nc[nH]c34)CC2)oc1C. The Morgan fingerprint density at radius 1 is 1.11 bits per heavy atom. The minimum absolute atomic E-state index is 0.0143. The zero-order valence-electron chi connectivity index (χ0n) is 14.8. The number of imidazole rings is 1. The van der Waals surface area contributed by atoms with Crippen molar-refractivity contribution in [1.82, 2.24) is 29.8 Å². The van der Waals surface area contributed by atoms with Crippen LogP contribution in [0.15, 0.2) is 10.7 Å². The van der Waals surface area contributed by atoms with Gasteiger partial charge in [0.2, 0.25) is 11.7 Å². The molecule has 0 amide bonds. The first-order chi connectivity index (χ1) is 12.8. The van der Waals surface area contributed by atoms with E-state index in [9.17, 15) is 13.2 Å². The molecule has 0 aliphatic carbocycles. The second kappa shape index (κ2) is 6.48. The summed E-state index contributed by atoms with van der Waals surface area (Å²) in [5, 5.41) is 0. The molecule has 1 aliphatic heterocycles. The van der Waals surface area contributed by atoms with Gasteiger partial charge in [-0.1, -0.05) is 0 Å². The predicted octanol–water partition coefficient (Wildman–Crippen LogP) is 2.30. The molecular weight excluding hydrogens is 363 g/mol. The topological polar surface area (TPSA) is 87.0 Å². The Kier molecular flexibility index (Phi) is 4.25. The van der Waals surface area contributed by atoms with Crippen molar-refractivity contribution in [3.8, 4) is 0 Å². The molecule has 11 heteroatoms. The van der Waals surface area contributed by atoms with E-state index in [1.807, 2.05) is 18.7 Å². The van der Waals surface area contributed by atoms with Crippen molar-refractivity contribution in [2.45, 2.75) is 26.6 Å². The molecule has 27 heavy (non-hydrogen) atoms. The molecule has 3 aromatic heterocycles. The molecule has 1 fully saturated rings. The normalized spacial score (nSPS) is 16.4. The van der Waals surface area contributed by atoms with Crippen molar-refractivity contribution in [3.63, 3.8) is 0 Å². The number of hydrogen-bond acceptors (Lipinski definition) is 7. The van der Waals surface area contributed by atoms with Crippen LogP contribution in [0.3, 0.4) is 0 Å². The number of oxazole rings is 1. The number of rotatable bonds is 3. The molecule has 4 heterocycles. The first kappa shape index (κ1) is 17.7. The van der Waals surface area contributed by atoms with Crippen molar-refractivity contribution >= 4 is 17.0 Å². The molecule has 3 aromatic rings. The highest BCUT2D eigenvalue weighted by atomic mass is 19.4. The highest BCUT2D eigenvalue weighted by Gasteiger charge is 2.37. The summed E-state index contributed by atoms with van der Waals surface area (Å²) in [6, 6.07) is 0. The number of piperazine rings is 1. The van der Waals surface area contributed by atoms with E-state index in [2.05, 4.69) is 29.8 Å². The second-order valence-corrected chi connectivity index (χ2v) is 6.48. The molecule has 0 saturated carbocycles. The largest absolute Gasteiger partial charge is 0.451 e. The average Bonchev–Trinajstić information content (AvgIpc) is 3.20. The van der Waals surface area contributed by atoms with E-state index in [1.54, 1.807) is 0 Å². The number of aromatic nitrogens is 5. The Bertz CT molecular complexity index is 937. The summed E-state index contributed by atoms with van der Waals surface area (Å²) < 4.78 is 44.9. The first-order valence-corrected chi connectivity index (χ1v) is 8.50. The lowest BCUT2D eigenvalue weighted by Crippen LogP contribution is -2.46. The number of aromatic amines is 1. The fraction of sp³-hybridized carbons (Fsp3) is 0.500. The van der Waals surface area contributed by atoms with Gasteiger partial charge in [0.15, 0.2) is 11.5 Å². The Balaban J connectivity index is 1.51. The van der Waals surface area contributed by atoms with Crippen LogP contribution < -0.4 is 4.90 Å². The molecular formula is C16H18F3N7O. The van der Waals surface area contributed by atoms with Gasteiger partial charge in [-0.05, 0) is 13.8 Å². The fourth-order valence-corrected chi connectivity index (χ4v) is 3.09. The molecule has 0 bridgehead atoms. The van der Waals surface area contributed by atoms with Gasteiger partial charge in [0.05, 0.1) is 18.6 Å². The summed E-state index contributed by atoms with van der Waals surface area (Å²) in [5.41, 5.74) is 1.29. The Labute approximate surface area is 152 Å². The van der Waals surface area contributed by atoms with Crippen molar-refractivity contribution in [2.24, 2.45) is 0 Å². The van der Waals surface area contributed by atoms with Gasteiger partial charge in [-0.25, -0.2) is 19.9 Å². The molecule has 0 aromatic carbocycles. The molecule has 0 atom stereocenters. The van der Waals surface area contributed by atoms with Crippen LogP contribution in [0.1, 0.15) is 23.2 Å². The minimum atomic E-state index is -4.62. The number of anilines is 1. The van der Waals surface area contributed by atoms with Crippen LogP contribution in [0.2, 0.25) is 0 Å². The lowest BCUT2D eigenvalue weighted by Gasteiger charge is -2.34. The summed E-state index contributed by atoms with van der Waals surface area (Å²) in [6.45, 7) is 6.70. The van der Waals surface area contributed by atoms with E-state index in [4.69, 9.17) is 4.42 Å². The highest BCUT2D eigenvalue weighted by Crippen LogP contribution is 2.31. The zero-order chi connectivity index (χ0) is 19.2. The van der Waals surface area contributed by atoms with E-state index in [0.29, 0.717) is 44.1 Å². The summed E-state index contributed by atoms with van der Waals surface area (Å²) in [6.07, 6.45) is -3.29. The maximum absolute atomic E-state index is 13.1. The fourth-order valence-electron chi connectivity index (χ4n) is 3.09. The molecule has 4 rings (SSSR count). The maximum Gasteiger partial charge on any atom is 0.451 e. The number of nitrogens with one attached hydrogen (secondary N) is 1. The van der Waals surface area contributed by atoms with Gasteiger partial charge in [-0.15, -0.1) is 0 Å². The van der Waals surface area contributed by atoms with Gasteiger partial charge < -0.3 is 14.3 Å². The van der Waals surface area contributed by atoms with Crippen molar-refractivity contribution < 1.29 is 17.6 Å². The molecule has 1 saturated heterocycles. The van der Waals surface area contributed by atoms with E-state index in [0.717, 1.165) is 11.5 Å². The van der Waals surface area contributed by atoms with Gasteiger partial charge in [-0.3, -0.25) is 4.90 Å². The van der Waals surface area contributed by atoms with E-state index < -0.39 is 12.0 Å². The number of halogens is 3. The summed E-state index contributed by atoms with van der Waals surface area (Å²) in [5.74, 6) is 0.499. The van der Waals surface area contributed by atoms with Crippen LogP contribution in [0, 0.1) is 13.8 Å². The van der Waals surface area contributed by atoms with Crippen molar-refractivity contribution in [2.75, 3.05) is 31.1 Å². The average molecular weight is 381 g/mol. The van der Waals surface area contributed by atoms with Gasteiger partial charge in [-0.2, -0.15) is 13.2 Å². The molecule has 1 N–H and O–H groups in total. The first-order valence-electron chi connectivity index (χ1n) is 8.50. The number of H-pyrrole nitrogens is 1.